The number of carbonyl (C=O) groups excluding carboxylic acids is 2. The summed E-state index contributed by atoms with van der Waals surface area (Å²) in [6.07, 6.45) is 3.45. The first-order chi connectivity index (χ1) is 12.9. The average molecular weight is 400 g/mol. The minimum atomic E-state index is -0.476. The lowest BCUT2D eigenvalue weighted by Crippen LogP contribution is -2.13. The molecule has 0 saturated heterocycles. The van der Waals surface area contributed by atoms with Crippen LogP contribution in [0.2, 0.25) is 0 Å². The van der Waals surface area contributed by atoms with Crippen molar-refractivity contribution in [1.29, 1.82) is 0 Å². The summed E-state index contributed by atoms with van der Waals surface area (Å²) < 4.78 is 2.11. The van der Waals surface area contributed by atoms with Gasteiger partial charge in [-0.3, -0.25) is 14.6 Å². The predicted molar refractivity (Wildman–Crippen MR) is 114 cm³/mol. The molecule has 2 aromatic heterocycles. The zero-order chi connectivity index (χ0) is 19.6. The molecule has 3 aromatic rings. The quantitative estimate of drug-likeness (QED) is 0.598. The van der Waals surface area contributed by atoms with Gasteiger partial charge in [0.25, 0.3) is 0 Å². The van der Waals surface area contributed by atoms with Crippen molar-refractivity contribution >= 4 is 35.0 Å². The molecule has 28 heavy (non-hydrogen) atoms. The van der Waals surface area contributed by atoms with Gasteiger partial charge in [-0.15, -0.1) is 12.4 Å². The second kappa shape index (κ2) is 9.02. The van der Waals surface area contributed by atoms with E-state index < -0.39 is 5.91 Å². The Kier molecular flexibility index (Phi) is 6.97. The number of hydrogen-bond acceptors (Lipinski definition) is 3. The van der Waals surface area contributed by atoms with Crippen LogP contribution < -0.4 is 5.73 Å². The average Bonchev–Trinajstić information content (AvgIpc) is 2.95. The van der Waals surface area contributed by atoms with Crippen LogP contribution in [0.4, 0.5) is 0 Å². The van der Waals surface area contributed by atoms with Gasteiger partial charge in [-0.05, 0) is 30.7 Å². The molecule has 0 unspecified atom stereocenters. The molecule has 1 amide bonds. The monoisotopic (exact) mass is 399 g/mol. The molecule has 0 aliphatic heterocycles. The number of carbonyl (C=O) groups is 2. The molecule has 2 heterocycles. The van der Waals surface area contributed by atoms with Crippen molar-refractivity contribution in [3.8, 4) is 0 Å². The van der Waals surface area contributed by atoms with Crippen molar-refractivity contribution in [3.05, 3.63) is 65.1 Å². The van der Waals surface area contributed by atoms with E-state index in [4.69, 9.17) is 5.73 Å². The molecule has 0 fully saturated rings. The fourth-order valence-corrected chi connectivity index (χ4v) is 3.45. The minimum absolute atomic E-state index is 0. The highest BCUT2D eigenvalue weighted by atomic mass is 35.5. The Balaban J connectivity index is 0.00000280. The lowest BCUT2D eigenvalue weighted by molar-refractivity contribution is 0.0939. The number of halogens is 1. The number of ketones is 1. The van der Waals surface area contributed by atoms with E-state index in [-0.39, 0.29) is 24.1 Å². The van der Waals surface area contributed by atoms with Crippen LogP contribution in [0.5, 0.6) is 0 Å². The number of benzene rings is 1. The normalized spacial score (nSPS) is 10.9. The lowest BCUT2D eigenvalue weighted by atomic mass is 9.96. The summed E-state index contributed by atoms with van der Waals surface area (Å²) in [6, 6.07) is 11.1. The Bertz CT molecular complexity index is 994. The summed E-state index contributed by atoms with van der Waals surface area (Å²) in [5, 5.41) is 0.873. The van der Waals surface area contributed by atoms with Crippen molar-refractivity contribution in [1.82, 2.24) is 9.55 Å². The van der Waals surface area contributed by atoms with Gasteiger partial charge in [0.2, 0.25) is 5.91 Å². The van der Waals surface area contributed by atoms with Crippen LogP contribution >= 0.6 is 12.4 Å². The zero-order valence-corrected chi connectivity index (χ0v) is 17.3. The van der Waals surface area contributed by atoms with Crippen molar-refractivity contribution in [3.63, 3.8) is 0 Å². The molecule has 0 spiro atoms. The SMILES string of the molecule is CCCc1c(C(=O)C(C)C)c2ccc(C(N)=O)cc2n1Cc1ccccn1.Cl. The first-order valence-corrected chi connectivity index (χ1v) is 9.33. The van der Waals surface area contributed by atoms with E-state index in [1.165, 1.54) is 0 Å². The van der Waals surface area contributed by atoms with E-state index in [0.29, 0.717) is 12.1 Å². The summed E-state index contributed by atoms with van der Waals surface area (Å²) in [4.78, 5) is 29.2. The third-order valence-electron chi connectivity index (χ3n) is 4.76. The highest BCUT2D eigenvalue weighted by Crippen LogP contribution is 2.31. The Morgan fingerprint density at radius 1 is 1.18 bits per heavy atom. The van der Waals surface area contributed by atoms with E-state index in [1.807, 2.05) is 38.1 Å². The van der Waals surface area contributed by atoms with Crippen LogP contribution in [0.15, 0.2) is 42.6 Å². The highest BCUT2D eigenvalue weighted by molar-refractivity contribution is 6.11. The molecule has 3 rings (SSSR count). The predicted octanol–water partition coefficient (Wildman–Crippen LogP) is 4.40. The van der Waals surface area contributed by atoms with Crippen molar-refractivity contribution < 1.29 is 9.59 Å². The van der Waals surface area contributed by atoms with Crippen LogP contribution in [-0.4, -0.2) is 21.2 Å². The van der Waals surface area contributed by atoms with E-state index in [0.717, 1.165) is 40.7 Å². The molecule has 0 aliphatic carbocycles. The molecule has 0 bridgehead atoms. The second-order valence-electron chi connectivity index (χ2n) is 7.09. The number of fused-ring (bicyclic) bond motifs is 1. The molecule has 0 radical (unpaired) electrons. The number of hydrogen-bond donors (Lipinski definition) is 1. The number of pyridine rings is 1. The van der Waals surface area contributed by atoms with Crippen molar-refractivity contribution in [2.24, 2.45) is 11.7 Å². The number of aromatic nitrogens is 2. The maximum atomic E-state index is 13.0. The summed E-state index contributed by atoms with van der Waals surface area (Å²) in [5.41, 5.74) is 9.44. The van der Waals surface area contributed by atoms with Crippen LogP contribution in [0, 0.1) is 5.92 Å². The van der Waals surface area contributed by atoms with Gasteiger partial charge in [0.1, 0.15) is 0 Å². The highest BCUT2D eigenvalue weighted by Gasteiger charge is 2.24. The number of rotatable bonds is 7. The molecular formula is C22H26ClN3O2. The standard InChI is InChI=1S/C22H25N3O2.ClH/c1-4-7-18-20(21(26)14(2)3)17-10-9-15(22(23)27)12-19(17)25(18)13-16-8-5-6-11-24-16;/h5-6,8-12,14H,4,7,13H2,1-3H3,(H2,23,27);1H. The molecule has 1 aromatic carbocycles. The van der Waals surface area contributed by atoms with Gasteiger partial charge in [0.05, 0.1) is 17.8 Å². The smallest absolute Gasteiger partial charge is 0.248 e. The summed E-state index contributed by atoms with van der Waals surface area (Å²) in [6.45, 7) is 6.47. The molecule has 0 aliphatic rings. The van der Waals surface area contributed by atoms with E-state index >= 15 is 0 Å². The van der Waals surface area contributed by atoms with Gasteiger partial charge in [-0.25, -0.2) is 0 Å². The molecule has 0 saturated carbocycles. The first-order valence-electron chi connectivity index (χ1n) is 9.33. The van der Waals surface area contributed by atoms with Gasteiger partial charge in [-0.2, -0.15) is 0 Å². The summed E-state index contributed by atoms with van der Waals surface area (Å²) in [7, 11) is 0. The molecule has 5 nitrogen and oxygen atoms in total. The van der Waals surface area contributed by atoms with Crippen LogP contribution in [0.3, 0.4) is 0 Å². The van der Waals surface area contributed by atoms with Crippen LogP contribution in [0.1, 0.15) is 59.3 Å². The van der Waals surface area contributed by atoms with Gasteiger partial charge in [-0.1, -0.05) is 39.3 Å². The van der Waals surface area contributed by atoms with Crippen LogP contribution in [-0.2, 0) is 13.0 Å². The maximum absolute atomic E-state index is 13.0. The first kappa shape index (κ1) is 21.6. The van der Waals surface area contributed by atoms with Gasteiger partial charge in [0, 0.05) is 34.3 Å². The summed E-state index contributed by atoms with van der Waals surface area (Å²) >= 11 is 0. The zero-order valence-electron chi connectivity index (χ0n) is 16.4. The Morgan fingerprint density at radius 3 is 2.50 bits per heavy atom. The minimum Gasteiger partial charge on any atom is -0.366 e. The van der Waals surface area contributed by atoms with E-state index in [9.17, 15) is 9.59 Å². The third kappa shape index (κ3) is 4.09. The Morgan fingerprint density at radius 2 is 1.93 bits per heavy atom. The third-order valence-corrected chi connectivity index (χ3v) is 4.76. The molecule has 0 atom stereocenters. The van der Waals surface area contributed by atoms with Crippen molar-refractivity contribution in [2.75, 3.05) is 0 Å². The van der Waals surface area contributed by atoms with E-state index in [2.05, 4.69) is 16.5 Å². The summed E-state index contributed by atoms with van der Waals surface area (Å²) in [5.74, 6) is -0.461. The molecule has 2 N–H and O–H groups in total. The Labute approximate surface area is 171 Å². The number of primary amides is 1. The molecule has 6 heteroatoms. The second-order valence-corrected chi connectivity index (χ2v) is 7.09. The number of nitrogens with zero attached hydrogens (tertiary/aromatic N) is 2. The largest absolute Gasteiger partial charge is 0.366 e. The lowest BCUT2D eigenvalue weighted by Gasteiger charge is -2.12. The number of amides is 1. The van der Waals surface area contributed by atoms with Gasteiger partial charge >= 0.3 is 0 Å². The van der Waals surface area contributed by atoms with Crippen LogP contribution in [0.25, 0.3) is 10.9 Å². The number of Topliss-reactive ketones (excluding diaryl/α,β-unsaturated/α-hetero) is 1. The molecular weight excluding hydrogens is 374 g/mol. The fraction of sp³-hybridized carbons (Fsp3) is 0.318. The Hall–Kier alpha value is -2.66. The van der Waals surface area contributed by atoms with Gasteiger partial charge in [0.15, 0.2) is 5.78 Å². The topological polar surface area (TPSA) is 78.0 Å². The van der Waals surface area contributed by atoms with Gasteiger partial charge < -0.3 is 10.3 Å². The number of nitrogens with two attached hydrogens (primary N) is 1. The molecule has 148 valence electrons. The fourth-order valence-electron chi connectivity index (χ4n) is 3.45. The van der Waals surface area contributed by atoms with E-state index in [1.54, 1.807) is 18.3 Å². The maximum Gasteiger partial charge on any atom is 0.248 e. The van der Waals surface area contributed by atoms with Crippen molar-refractivity contribution in [2.45, 2.75) is 40.2 Å².